The van der Waals surface area contributed by atoms with Crippen molar-refractivity contribution in [3.05, 3.63) is 34.1 Å². The van der Waals surface area contributed by atoms with E-state index in [1.165, 1.54) is 12.1 Å². The summed E-state index contributed by atoms with van der Waals surface area (Å²) < 4.78 is 19.5. The lowest BCUT2D eigenvalue weighted by molar-refractivity contribution is -0.385. The summed E-state index contributed by atoms with van der Waals surface area (Å²) in [7, 11) is 0. The van der Waals surface area contributed by atoms with Gasteiger partial charge in [-0.15, -0.1) is 0 Å². The van der Waals surface area contributed by atoms with Crippen LogP contribution < -0.4 is 5.32 Å². The minimum atomic E-state index is -0.588. The van der Waals surface area contributed by atoms with E-state index in [1.807, 2.05) is 11.8 Å². The Balaban J connectivity index is 1.70. The van der Waals surface area contributed by atoms with E-state index in [0.717, 1.165) is 50.3 Å². The van der Waals surface area contributed by atoms with Gasteiger partial charge >= 0.3 is 0 Å². The maximum atomic E-state index is 14.0. The fourth-order valence-electron chi connectivity index (χ4n) is 3.16. The number of hydrogen-bond acceptors (Lipinski definition) is 6. The number of morpholine rings is 1. The average Bonchev–Trinajstić information content (AvgIpc) is 3.04. The van der Waals surface area contributed by atoms with Gasteiger partial charge in [-0.3, -0.25) is 15.0 Å². The van der Waals surface area contributed by atoms with Crippen molar-refractivity contribution in [3.8, 4) is 0 Å². The number of thioether (sulfide) groups is 1. The van der Waals surface area contributed by atoms with Gasteiger partial charge in [0.15, 0.2) is 5.82 Å². The molecule has 0 aromatic heterocycles. The highest BCUT2D eigenvalue weighted by Gasteiger charge is 2.40. The summed E-state index contributed by atoms with van der Waals surface area (Å²) in [5.41, 5.74) is 0.0929. The van der Waals surface area contributed by atoms with Crippen molar-refractivity contribution in [2.75, 3.05) is 49.7 Å². The zero-order valence-electron chi connectivity index (χ0n) is 12.8. The van der Waals surface area contributed by atoms with Gasteiger partial charge in [0.25, 0.3) is 5.69 Å². The molecule has 0 saturated carbocycles. The van der Waals surface area contributed by atoms with Crippen LogP contribution in [-0.4, -0.2) is 59.7 Å². The number of hydrogen-bond donors (Lipinski definition) is 1. The Morgan fingerprint density at radius 1 is 1.43 bits per heavy atom. The molecule has 1 N–H and O–H groups in total. The zero-order chi connectivity index (χ0) is 16.3. The first kappa shape index (κ1) is 16.5. The van der Waals surface area contributed by atoms with Crippen molar-refractivity contribution >= 4 is 23.1 Å². The topological polar surface area (TPSA) is 67.6 Å². The van der Waals surface area contributed by atoms with Crippen LogP contribution in [0.25, 0.3) is 0 Å². The molecule has 0 bridgehead atoms. The molecule has 0 spiro atoms. The quantitative estimate of drug-likeness (QED) is 0.655. The van der Waals surface area contributed by atoms with Crippen LogP contribution in [-0.2, 0) is 4.74 Å². The highest BCUT2D eigenvalue weighted by atomic mass is 32.2. The summed E-state index contributed by atoms with van der Waals surface area (Å²) in [6.45, 7) is 3.89. The molecule has 0 aliphatic carbocycles. The molecule has 8 heteroatoms. The van der Waals surface area contributed by atoms with E-state index in [2.05, 4.69) is 10.2 Å². The van der Waals surface area contributed by atoms with E-state index in [0.29, 0.717) is 12.2 Å². The van der Waals surface area contributed by atoms with Crippen molar-refractivity contribution in [1.82, 2.24) is 4.90 Å². The Hall–Kier alpha value is -1.38. The standard InChI is InChI=1S/C15H20FN3O3S/c16-13-9-12(19(20)21)1-2-14(13)17-10-15(3-8-23-11-15)18-4-6-22-7-5-18/h1-2,9,17H,3-8,10-11H2/t15-/m0/s1. The Morgan fingerprint density at radius 2 is 2.22 bits per heavy atom. The number of nitro benzene ring substituents is 1. The first-order chi connectivity index (χ1) is 11.1. The molecule has 0 radical (unpaired) electrons. The molecule has 2 aliphatic heterocycles. The number of anilines is 1. The van der Waals surface area contributed by atoms with Crippen molar-refractivity contribution in [3.63, 3.8) is 0 Å². The largest absolute Gasteiger partial charge is 0.381 e. The summed E-state index contributed by atoms with van der Waals surface area (Å²) >= 11 is 1.91. The van der Waals surface area contributed by atoms with E-state index in [4.69, 9.17) is 4.74 Å². The first-order valence-electron chi connectivity index (χ1n) is 7.69. The van der Waals surface area contributed by atoms with Gasteiger partial charge in [-0.25, -0.2) is 4.39 Å². The lowest BCUT2D eigenvalue weighted by Gasteiger charge is -2.43. The van der Waals surface area contributed by atoms with Gasteiger partial charge in [0.05, 0.1) is 29.9 Å². The molecule has 23 heavy (non-hydrogen) atoms. The Labute approximate surface area is 138 Å². The molecule has 126 valence electrons. The number of benzene rings is 1. The second-order valence-electron chi connectivity index (χ2n) is 5.90. The third-order valence-corrected chi connectivity index (χ3v) is 5.77. The second kappa shape index (κ2) is 7.02. The third kappa shape index (κ3) is 3.59. The Bertz CT molecular complexity index is 575. The fraction of sp³-hybridized carbons (Fsp3) is 0.600. The van der Waals surface area contributed by atoms with Crippen LogP contribution in [0.1, 0.15) is 6.42 Å². The molecule has 0 unspecified atom stereocenters. The van der Waals surface area contributed by atoms with Gasteiger partial charge in [0, 0.05) is 37.0 Å². The molecule has 2 aliphatic rings. The van der Waals surface area contributed by atoms with Crippen LogP contribution in [0, 0.1) is 15.9 Å². The van der Waals surface area contributed by atoms with Gasteiger partial charge in [0.2, 0.25) is 0 Å². The Kier molecular flexibility index (Phi) is 5.03. The maximum absolute atomic E-state index is 14.0. The van der Waals surface area contributed by atoms with Gasteiger partial charge < -0.3 is 10.1 Å². The van der Waals surface area contributed by atoms with Crippen molar-refractivity contribution in [1.29, 1.82) is 0 Å². The van der Waals surface area contributed by atoms with Crippen molar-refractivity contribution < 1.29 is 14.1 Å². The highest BCUT2D eigenvalue weighted by molar-refractivity contribution is 7.99. The predicted molar refractivity (Wildman–Crippen MR) is 88.6 cm³/mol. The van der Waals surface area contributed by atoms with Crippen LogP contribution >= 0.6 is 11.8 Å². The summed E-state index contributed by atoms with van der Waals surface area (Å²) in [5, 5.41) is 13.9. The summed E-state index contributed by atoms with van der Waals surface area (Å²) in [4.78, 5) is 12.5. The molecule has 2 heterocycles. The number of nitrogens with zero attached hydrogens (tertiary/aromatic N) is 2. The van der Waals surface area contributed by atoms with Gasteiger partial charge in [-0.2, -0.15) is 11.8 Å². The number of rotatable bonds is 5. The molecule has 1 aromatic rings. The molecule has 2 fully saturated rings. The van der Waals surface area contributed by atoms with Gasteiger partial charge in [0.1, 0.15) is 0 Å². The van der Waals surface area contributed by atoms with Gasteiger partial charge in [-0.05, 0) is 18.2 Å². The molecule has 2 saturated heterocycles. The lowest BCUT2D eigenvalue weighted by atomic mass is 9.95. The third-order valence-electron chi connectivity index (χ3n) is 4.54. The smallest absolute Gasteiger partial charge is 0.272 e. The van der Waals surface area contributed by atoms with Gasteiger partial charge in [-0.1, -0.05) is 0 Å². The average molecular weight is 341 g/mol. The summed E-state index contributed by atoms with van der Waals surface area (Å²) in [5.74, 6) is 1.53. The minimum Gasteiger partial charge on any atom is -0.381 e. The van der Waals surface area contributed by atoms with Crippen molar-refractivity contribution in [2.45, 2.75) is 12.0 Å². The number of nitrogens with one attached hydrogen (secondary N) is 1. The molecule has 0 amide bonds. The molecule has 1 atom stereocenters. The van der Waals surface area contributed by atoms with E-state index < -0.39 is 10.7 Å². The van der Waals surface area contributed by atoms with Crippen LogP contribution in [0.2, 0.25) is 0 Å². The van der Waals surface area contributed by atoms with E-state index in [-0.39, 0.29) is 11.2 Å². The fourth-order valence-corrected chi connectivity index (χ4v) is 4.63. The first-order valence-corrected chi connectivity index (χ1v) is 8.85. The molecular weight excluding hydrogens is 321 g/mol. The van der Waals surface area contributed by atoms with Crippen LogP contribution in [0.15, 0.2) is 18.2 Å². The maximum Gasteiger partial charge on any atom is 0.272 e. The predicted octanol–water partition coefficient (Wildman–Crippen LogP) is 2.35. The number of non-ortho nitro benzene ring substituents is 1. The summed E-state index contributed by atoms with van der Waals surface area (Å²) in [6.07, 6.45) is 1.05. The monoisotopic (exact) mass is 341 g/mol. The lowest BCUT2D eigenvalue weighted by Crippen LogP contribution is -2.57. The van der Waals surface area contributed by atoms with E-state index in [1.54, 1.807) is 0 Å². The Morgan fingerprint density at radius 3 is 2.83 bits per heavy atom. The normalized spacial score (nSPS) is 25.4. The highest BCUT2D eigenvalue weighted by Crippen LogP contribution is 2.34. The number of nitro groups is 1. The van der Waals surface area contributed by atoms with E-state index >= 15 is 0 Å². The zero-order valence-corrected chi connectivity index (χ0v) is 13.6. The van der Waals surface area contributed by atoms with Crippen LogP contribution in [0.3, 0.4) is 0 Å². The summed E-state index contributed by atoms with van der Waals surface area (Å²) in [6, 6.07) is 3.74. The van der Waals surface area contributed by atoms with Crippen LogP contribution in [0.5, 0.6) is 0 Å². The second-order valence-corrected chi connectivity index (χ2v) is 7.01. The van der Waals surface area contributed by atoms with Crippen LogP contribution in [0.4, 0.5) is 15.8 Å². The van der Waals surface area contributed by atoms with E-state index in [9.17, 15) is 14.5 Å². The molecular formula is C15H20FN3O3S. The van der Waals surface area contributed by atoms with Crippen molar-refractivity contribution in [2.24, 2.45) is 0 Å². The molecule has 6 nitrogen and oxygen atoms in total. The molecule has 1 aromatic carbocycles. The number of ether oxygens (including phenoxy) is 1. The molecule has 3 rings (SSSR count). The number of halogens is 1. The minimum absolute atomic E-state index is 0.00264. The SMILES string of the molecule is O=[N+]([O-])c1ccc(NC[C@@]2(N3CCOCC3)CCSC2)c(F)c1.